The zero-order chi connectivity index (χ0) is 25.1. The molecule has 2 aromatic heterocycles. The van der Waals surface area contributed by atoms with E-state index in [-0.39, 0.29) is 11.8 Å². The molecule has 0 fully saturated rings. The first-order chi connectivity index (χ1) is 17.4. The van der Waals surface area contributed by atoms with E-state index in [1.54, 1.807) is 25.6 Å². The molecule has 0 N–H and O–H groups in total. The molecule has 5 rings (SSSR count). The van der Waals surface area contributed by atoms with E-state index in [9.17, 15) is 13.2 Å². The third-order valence-electron chi connectivity index (χ3n) is 6.08. The van der Waals surface area contributed by atoms with Gasteiger partial charge in [-0.15, -0.1) is 13.2 Å². The zero-order valence-corrected chi connectivity index (χ0v) is 19.5. The molecular formula is C27H24F3N3O3. The van der Waals surface area contributed by atoms with Crippen LogP contribution in [0, 0.1) is 0 Å². The summed E-state index contributed by atoms with van der Waals surface area (Å²) in [5, 5.41) is 0. The predicted molar refractivity (Wildman–Crippen MR) is 128 cm³/mol. The third kappa shape index (κ3) is 5.21. The standard InChI is InChI=1S/C27H24F3N3O3/c1-34-22-8-5-18(6-9-22)16-35-17-21-7-10-24-32-25(26(33(21)24)19-11-13-31-14-12-19)20-3-2-4-23(15-20)36-27(28,29)30/h2-6,8-9,11-15,21H,7,10,16-17H2,1H3/t21-/m0/s1. The number of benzene rings is 2. The van der Waals surface area contributed by atoms with Crippen LogP contribution < -0.4 is 9.47 Å². The Kier molecular flexibility index (Phi) is 6.65. The summed E-state index contributed by atoms with van der Waals surface area (Å²) < 4.78 is 56.0. The minimum Gasteiger partial charge on any atom is -0.497 e. The summed E-state index contributed by atoms with van der Waals surface area (Å²) in [6, 6.07) is 17.4. The lowest BCUT2D eigenvalue weighted by Gasteiger charge is -2.18. The van der Waals surface area contributed by atoms with Crippen molar-refractivity contribution in [3.63, 3.8) is 0 Å². The molecular weight excluding hydrogens is 471 g/mol. The van der Waals surface area contributed by atoms with Gasteiger partial charge in [0, 0.05) is 29.9 Å². The molecule has 1 aliphatic heterocycles. The van der Waals surface area contributed by atoms with Crippen LogP contribution in [-0.2, 0) is 17.8 Å². The molecule has 9 heteroatoms. The van der Waals surface area contributed by atoms with Gasteiger partial charge in [-0.05, 0) is 48.4 Å². The van der Waals surface area contributed by atoms with Crippen molar-refractivity contribution in [2.24, 2.45) is 0 Å². The van der Waals surface area contributed by atoms with Crippen molar-refractivity contribution in [2.75, 3.05) is 13.7 Å². The molecule has 0 amide bonds. The smallest absolute Gasteiger partial charge is 0.497 e. The highest BCUT2D eigenvalue weighted by molar-refractivity contribution is 5.80. The van der Waals surface area contributed by atoms with Crippen molar-refractivity contribution in [1.29, 1.82) is 0 Å². The van der Waals surface area contributed by atoms with Crippen LogP contribution in [0.2, 0.25) is 0 Å². The first-order valence-corrected chi connectivity index (χ1v) is 11.5. The Morgan fingerprint density at radius 1 is 0.972 bits per heavy atom. The van der Waals surface area contributed by atoms with E-state index >= 15 is 0 Å². The molecule has 0 radical (unpaired) electrons. The van der Waals surface area contributed by atoms with Gasteiger partial charge in [0.2, 0.25) is 0 Å². The number of hydrogen-bond acceptors (Lipinski definition) is 5. The molecule has 3 heterocycles. The molecule has 0 saturated heterocycles. The summed E-state index contributed by atoms with van der Waals surface area (Å²) in [5.41, 5.74) is 3.89. The topological polar surface area (TPSA) is 58.4 Å². The van der Waals surface area contributed by atoms with Gasteiger partial charge in [-0.25, -0.2) is 4.98 Å². The van der Waals surface area contributed by atoms with E-state index in [0.29, 0.717) is 24.5 Å². The number of methoxy groups -OCH3 is 1. The SMILES string of the molecule is COc1ccc(COC[C@@H]2CCc3nc(-c4cccc(OC(F)(F)F)c4)c(-c4ccncc4)n32)cc1. The lowest BCUT2D eigenvalue weighted by Crippen LogP contribution is -2.17. The minimum atomic E-state index is -4.77. The number of fused-ring (bicyclic) bond motifs is 1. The van der Waals surface area contributed by atoms with Gasteiger partial charge in [0.1, 0.15) is 17.3 Å². The molecule has 4 aromatic rings. The number of hydrogen-bond donors (Lipinski definition) is 0. The van der Waals surface area contributed by atoms with Crippen molar-refractivity contribution in [1.82, 2.24) is 14.5 Å². The second-order valence-corrected chi connectivity index (χ2v) is 8.46. The zero-order valence-electron chi connectivity index (χ0n) is 19.5. The van der Waals surface area contributed by atoms with Crippen LogP contribution in [0.5, 0.6) is 11.5 Å². The largest absolute Gasteiger partial charge is 0.573 e. The summed E-state index contributed by atoms with van der Waals surface area (Å²) in [6.07, 6.45) is 0.210. The quantitative estimate of drug-likeness (QED) is 0.290. The van der Waals surface area contributed by atoms with Crippen molar-refractivity contribution in [3.05, 3.63) is 84.4 Å². The van der Waals surface area contributed by atoms with Crippen LogP contribution in [0.25, 0.3) is 22.5 Å². The molecule has 6 nitrogen and oxygen atoms in total. The van der Waals surface area contributed by atoms with Crippen LogP contribution >= 0.6 is 0 Å². The summed E-state index contributed by atoms with van der Waals surface area (Å²) in [4.78, 5) is 8.96. The highest BCUT2D eigenvalue weighted by Gasteiger charge is 2.32. The molecule has 1 aliphatic rings. The Hall–Kier alpha value is -3.85. The number of nitrogens with zero attached hydrogens (tertiary/aromatic N) is 3. The van der Waals surface area contributed by atoms with E-state index in [1.165, 1.54) is 18.2 Å². The Morgan fingerprint density at radius 3 is 2.47 bits per heavy atom. The lowest BCUT2D eigenvalue weighted by atomic mass is 10.0. The maximum atomic E-state index is 12.8. The molecule has 2 aromatic carbocycles. The lowest BCUT2D eigenvalue weighted by molar-refractivity contribution is -0.274. The van der Waals surface area contributed by atoms with Crippen LogP contribution in [0.1, 0.15) is 23.9 Å². The van der Waals surface area contributed by atoms with E-state index < -0.39 is 6.36 Å². The molecule has 0 bridgehead atoms. The monoisotopic (exact) mass is 495 g/mol. The van der Waals surface area contributed by atoms with Crippen LogP contribution in [0.4, 0.5) is 13.2 Å². The summed E-state index contributed by atoms with van der Waals surface area (Å²) in [6.45, 7) is 0.933. The van der Waals surface area contributed by atoms with Crippen LogP contribution in [0.15, 0.2) is 73.1 Å². The number of rotatable bonds is 8. The van der Waals surface area contributed by atoms with Crippen molar-refractivity contribution in [2.45, 2.75) is 31.9 Å². The fraction of sp³-hybridized carbons (Fsp3) is 0.259. The van der Waals surface area contributed by atoms with Crippen molar-refractivity contribution < 1.29 is 27.4 Å². The van der Waals surface area contributed by atoms with Crippen molar-refractivity contribution >= 4 is 0 Å². The molecule has 36 heavy (non-hydrogen) atoms. The van der Waals surface area contributed by atoms with Crippen molar-refractivity contribution in [3.8, 4) is 34.0 Å². The average Bonchev–Trinajstić information content (AvgIpc) is 3.44. The van der Waals surface area contributed by atoms with E-state index in [4.69, 9.17) is 14.5 Å². The normalized spacial score (nSPS) is 15.1. The van der Waals surface area contributed by atoms with E-state index in [1.807, 2.05) is 36.4 Å². The van der Waals surface area contributed by atoms with Crippen LogP contribution in [0.3, 0.4) is 0 Å². The summed E-state index contributed by atoms with van der Waals surface area (Å²) >= 11 is 0. The van der Waals surface area contributed by atoms with Gasteiger partial charge in [0.05, 0.1) is 37.8 Å². The number of aryl methyl sites for hydroxylation is 1. The summed E-state index contributed by atoms with van der Waals surface area (Å²) in [7, 11) is 1.63. The van der Waals surface area contributed by atoms with Gasteiger partial charge in [-0.2, -0.15) is 0 Å². The van der Waals surface area contributed by atoms with E-state index in [0.717, 1.165) is 41.2 Å². The molecule has 186 valence electrons. The second kappa shape index (κ2) is 10.0. The summed E-state index contributed by atoms with van der Waals surface area (Å²) in [5.74, 6) is 1.38. The highest BCUT2D eigenvalue weighted by Crippen LogP contribution is 2.40. The second-order valence-electron chi connectivity index (χ2n) is 8.46. The van der Waals surface area contributed by atoms with Gasteiger partial charge in [-0.1, -0.05) is 24.3 Å². The maximum Gasteiger partial charge on any atom is 0.573 e. The Morgan fingerprint density at radius 2 is 1.75 bits per heavy atom. The first kappa shape index (κ1) is 23.9. The first-order valence-electron chi connectivity index (χ1n) is 11.5. The Balaban J connectivity index is 1.44. The molecule has 0 unspecified atom stereocenters. The average molecular weight is 496 g/mol. The molecule has 0 spiro atoms. The number of aromatic nitrogens is 3. The van der Waals surface area contributed by atoms with E-state index in [2.05, 4.69) is 14.3 Å². The van der Waals surface area contributed by atoms with Gasteiger partial charge in [-0.3, -0.25) is 4.98 Å². The Labute approximate surface area is 206 Å². The highest BCUT2D eigenvalue weighted by atomic mass is 19.4. The fourth-order valence-corrected chi connectivity index (χ4v) is 4.49. The minimum absolute atomic E-state index is 0.0391. The predicted octanol–water partition coefficient (Wildman–Crippen LogP) is 6.22. The number of ether oxygens (including phenoxy) is 3. The number of alkyl halides is 3. The number of halogens is 3. The van der Waals surface area contributed by atoms with Gasteiger partial charge in [0.25, 0.3) is 0 Å². The van der Waals surface area contributed by atoms with Gasteiger partial charge < -0.3 is 18.8 Å². The number of imidazole rings is 1. The fourth-order valence-electron chi connectivity index (χ4n) is 4.49. The third-order valence-corrected chi connectivity index (χ3v) is 6.08. The molecule has 0 saturated carbocycles. The molecule has 1 atom stereocenters. The molecule has 0 aliphatic carbocycles. The number of pyridine rings is 1. The maximum absolute atomic E-state index is 12.8. The van der Waals surface area contributed by atoms with Gasteiger partial charge >= 0.3 is 6.36 Å². The Bertz CT molecular complexity index is 1320. The van der Waals surface area contributed by atoms with Gasteiger partial charge in [0.15, 0.2) is 0 Å². The van der Waals surface area contributed by atoms with Crippen LogP contribution in [-0.4, -0.2) is 34.6 Å².